The third-order valence-electron chi connectivity index (χ3n) is 3.26. The van der Waals surface area contributed by atoms with Gasteiger partial charge in [0.2, 0.25) is 0 Å². The van der Waals surface area contributed by atoms with Crippen molar-refractivity contribution in [1.29, 1.82) is 0 Å². The lowest BCUT2D eigenvalue weighted by Crippen LogP contribution is -2.33. The maximum absolute atomic E-state index is 6.30. The molecule has 0 spiro atoms. The summed E-state index contributed by atoms with van der Waals surface area (Å²) in [5.74, 6) is 0. The van der Waals surface area contributed by atoms with Gasteiger partial charge in [-0.1, -0.05) is 36.2 Å². The average molecular weight is 407 g/mol. The third-order valence-corrected chi connectivity index (χ3v) is 5.69. The van der Waals surface area contributed by atoms with Crippen molar-refractivity contribution in [2.24, 2.45) is 0 Å². The first-order valence-corrected chi connectivity index (χ1v) is 9.42. The summed E-state index contributed by atoms with van der Waals surface area (Å²) in [6.45, 7) is 3.17. The fourth-order valence-corrected chi connectivity index (χ4v) is 4.33. The van der Waals surface area contributed by atoms with Crippen molar-refractivity contribution in [2.75, 3.05) is 6.54 Å². The molecule has 0 radical (unpaired) electrons. The first kappa shape index (κ1) is 17.3. The Morgan fingerprint density at radius 3 is 2.52 bits per heavy atom. The fraction of sp³-hybridized carbons (Fsp3) is 0.375. The van der Waals surface area contributed by atoms with E-state index in [1.165, 1.54) is 4.88 Å². The number of halogens is 3. The molecule has 0 aliphatic heterocycles. The van der Waals surface area contributed by atoms with Gasteiger partial charge >= 0.3 is 0 Å². The van der Waals surface area contributed by atoms with Crippen molar-refractivity contribution in [3.05, 3.63) is 54.6 Å². The molecule has 2 aromatic rings. The Hall–Kier alpha value is -0.0600. The highest BCUT2D eigenvalue weighted by molar-refractivity contribution is 9.10. The largest absolute Gasteiger partial charge is 0.313 e. The summed E-state index contributed by atoms with van der Waals surface area (Å²) in [4.78, 5) is 1.36. The topological polar surface area (TPSA) is 12.0 Å². The Balaban J connectivity index is 2.12. The molecule has 0 amide bonds. The minimum Gasteiger partial charge on any atom is -0.313 e. The van der Waals surface area contributed by atoms with E-state index in [1.54, 1.807) is 11.3 Å². The number of thiophene rings is 1. The molecule has 1 N–H and O–H groups in total. The van der Waals surface area contributed by atoms with Crippen LogP contribution < -0.4 is 5.32 Å². The molecule has 0 fully saturated rings. The van der Waals surface area contributed by atoms with Gasteiger partial charge < -0.3 is 5.32 Å². The van der Waals surface area contributed by atoms with Crippen LogP contribution in [0.15, 0.2) is 34.1 Å². The SMILES string of the molecule is CCCNC(Cc1cc(Br)cs1)Cc1c(Cl)cccc1Cl. The van der Waals surface area contributed by atoms with E-state index in [0.29, 0.717) is 6.04 Å². The zero-order chi connectivity index (χ0) is 15.2. The van der Waals surface area contributed by atoms with Crippen LogP contribution in [0.25, 0.3) is 0 Å². The Bertz CT molecular complexity index is 565. The van der Waals surface area contributed by atoms with E-state index in [2.05, 4.69) is 39.6 Å². The molecule has 1 nitrogen and oxygen atoms in total. The highest BCUT2D eigenvalue weighted by atomic mass is 79.9. The molecule has 0 aliphatic rings. The zero-order valence-corrected chi connectivity index (χ0v) is 15.7. The highest BCUT2D eigenvalue weighted by Gasteiger charge is 2.15. The van der Waals surface area contributed by atoms with Crippen LogP contribution >= 0.6 is 50.5 Å². The van der Waals surface area contributed by atoms with Gasteiger partial charge in [0.1, 0.15) is 0 Å². The summed E-state index contributed by atoms with van der Waals surface area (Å²) in [7, 11) is 0. The molecule has 0 saturated carbocycles. The van der Waals surface area contributed by atoms with E-state index >= 15 is 0 Å². The smallest absolute Gasteiger partial charge is 0.0453 e. The van der Waals surface area contributed by atoms with E-state index in [9.17, 15) is 0 Å². The van der Waals surface area contributed by atoms with Crippen molar-refractivity contribution >= 4 is 50.5 Å². The molecular formula is C16H18BrCl2NS. The Labute approximate surface area is 148 Å². The van der Waals surface area contributed by atoms with Crippen molar-refractivity contribution < 1.29 is 0 Å². The summed E-state index contributed by atoms with van der Waals surface area (Å²) < 4.78 is 1.15. The van der Waals surface area contributed by atoms with Gasteiger partial charge in [0.15, 0.2) is 0 Å². The monoisotopic (exact) mass is 405 g/mol. The summed E-state index contributed by atoms with van der Waals surface area (Å²) in [5.41, 5.74) is 1.03. The van der Waals surface area contributed by atoms with Crippen LogP contribution in [-0.4, -0.2) is 12.6 Å². The normalized spacial score (nSPS) is 12.6. The molecule has 5 heteroatoms. The Kier molecular flexibility index (Phi) is 7.03. The number of rotatable bonds is 7. The van der Waals surface area contributed by atoms with Crippen LogP contribution in [-0.2, 0) is 12.8 Å². The van der Waals surface area contributed by atoms with E-state index in [1.807, 2.05) is 18.2 Å². The standard InChI is InChI=1S/C16H18BrCl2NS/c1-2-6-20-12(8-13-7-11(17)10-21-13)9-14-15(18)4-3-5-16(14)19/h3-5,7,10,12,20H,2,6,8-9H2,1H3. The minimum atomic E-state index is 0.341. The van der Waals surface area contributed by atoms with Gasteiger partial charge in [-0.3, -0.25) is 0 Å². The molecule has 21 heavy (non-hydrogen) atoms. The van der Waals surface area contributed by atoms with Gasteiger partial charge in [0.05, 0.1) is 0 Å². The van der Waals surface area contributed by atoms with Crippen LogP contribution in [0, 0.1) is 0 Å². The summed E-state index contributed by atoms with van der Waals surface area (Å²) in [5, 5.41) is 7.22. The molecule has 2 rings (SSSR count). The molecule has 0 bridgehead atoms. The van der Waals surface area contributed by atoms with E-state index in [0.717, 1.165) is 45.9 Å². The molecule has 1 unspecified atom stereocenters. The molecular weight excluding hydrogens is 389 g/mol. The lowest BCUT2D eigenvalue weighted by molar-refractivity contribution is 0.507. The van der Waals surface area contributed by atoms with E-state index in [4.69, 9.17) is 23.2 Å². The second kappa shape index (κ2) is 8.54. The summed E-state index contributed by atoms with van der Waals surface area (Å²) >= 11 is 17.9. The lowest BCUT2D eigenvalue weighted by Gasteiger charge is -2.19. The fourth-order valence-electron chi connectivity index (χ4n) is 2.24. The molecule has 1 aromatic carbocycles. The van der Waals surface area contributed by atoms with Crippen molar-refractivity contribution in [3.8, 4) is 0 Å². The van der Waals surface area contributed by atoms with Crippen LogP contribution in [0.1, 0.15) is 23.8 Å². The molecule has 0 aliphatic carbocycles. The van der Waals surface area contributed by atoms with Crippen LogP contribution in [0.4, 0.5) is 0 Å². The average Bonchev–Trinajstić information content (AvgIpc) is 2.85. The molecule has 1 heterocycles. The van der Waals surface area contributed by atoms with Crippen molar-refractivity contribution in [1.82, 2.24) is 5.32 Å². The molecule has 1 atom stereocenters. The maximum atomic E-state index is 6.30. The number of hydrogen-bond acceptors (Lipinski definition) is 2. The van der Waals surface area contributed by atoms with Gasteiger partial charge in [0.25, 0.3) is 0 Å². The van der Waals surface area contributed by atoms with Crippen LogP contribution in [0.5, 0.6) is 0 Å². The number of benzene rings is 1. The lowest BCUT2D eigenvalue weighted by atomic mass is 10.0. The first-order chi connectivity index (χ1) is 10.1. The molecule has 114 valence electrons. The van der Waals surface area contributed by atoms with Gasteiger partial charge in [0, 0.05) is 30.8 Å². The van der Waals surface area contributed by atoms with Crippen LogP contribution in [0.2, 0.25) is 10.0 Å². The Morgan fingerprint density at radius 2 is 1.95 bits per heavy atom. The van der Waals surface area contributed by atoms with Crippen molar-refractivity contribution in [2.45, 2.75) is 32.2 Å². The van der Waals surface area contributed by atoms with Gasteiger partial charge in [-0.25, -0.2) is 0 Å². The highest BCUT2D eigenvalue weighted by Crippen LogP contribution is 2.27. The molecule has 0 saturated heterocycles. The van der Waals surface area contributed by atoms with Gasteiger partial charge in [-0.2, -0.15) is 0 Å². The van der Waals surface area contributed by atoms with Crippen molar-refractivity contribution in [3.63, 3.8) is 0 Å². The van der Waals surface area contributed by atoms with E-state index in [-0.39, 0.29) is 0 Å². The van der Waals surface area contributed by atoms with Gasteiger partial charge in [-0.15, -0.1) is 11.3 Å². The number of nitrogens with one attached hydrogen (secondary N) is 1. The Morgan fingerprint density at radius 1 is 1.24 bits per heavy atom. The van der Waals surface area contributed by atoms with Gasteiger partial charge in [-0.05, 0) is 65.5 Å². The molecule has 1 aromatic heterocycles. The zero-order valence-electron chi connectivity index (χ0n) is 11.8. The summed E-state index contributed by atoms with van der Waals surface area (Å²) in [6, 6.07) is 8.22. The minimum absolute atomic E-state index is 0.341. The predicted molar refractivity (Wildman–Crippen MR) is 98.0 cm³/mol. The maximum Gasteiger partial charge on any atom is 0.0453 e. The summed E-state index contributed by atoms with van der Waals surface area (Å²) in [6.07, 6.45) is 2.94. The third kappa shape index (κ3) is 5.26. The van der Waals surface area contributed by atoms with Crippen LogP contribution in [0.3, 0.4) is 0 Å². The van der Waals surface area contributed by atoms with E-state index < -0.39 is 0 Å². The quantitative estimate of drug-likeness (QED) is 0.596. The second-order valence-electron chi connectivity index (χ2n) is 4.99. The predicted octanol–water partition coefficient (Wildman–Crippen LogP) is 5.97. The first-order valence-electron chi connectivity index (χ1n) is 6.99. The number of hydrogen-bond donors (Lipinski definition) is 1. The second-order valence-corrected chi connectivity index (χ2v) is 7.72.